The summed E-state index contributed by atoms with van der Waals surface area (Å²) in [6.45, 7) is 4.95. The Labute approximate surface area is 77.8 Å². The second-order valence-corrected chi connectivity index (χ2v) is 3.48. The van der Waals surface area contributed by atoms with Crippen LogP contribution in [0.5, 0.6) is 0 Å². The molecule has 1 aliphatic rings. The average Bonchev–Trinajstić information content (AvgIpc) is 2.44. The summed E-state index contributed by atoms with van der Waals surface area (Å²) in [6, 6.07) is 0. The van der Waals surface area contributed by atoms with Gasteiger partial charge in [-0.15, -0.1) is 0 Å². The third kappa shape index (κ3) is 2.07. The van der Waals surface area contributed by atoms with Crippen LogP contribution >= 0.6 is 0 Å². The highest BCUT2D eigenvalue weighted by Gasteiger charge is 2.44. The predicted octanol–water partition coefficient (Wildman–Crippen LogP) is 0.478. The van der Waals surface area contributed by atoms with E-state index in [1.165, 1.54) is 6.92 Å². The molecule has 0 amide bonds. The number of carbonyl (C=O) groups excluding carboxylic acids is 1. The highest BCUT2D eigenvalue weighted by molar-refractivity contribution is 5.81. The molecule has 2 unspecified atom stereocenters. The van der Waals surface area contributed by atoms with Gasteiger partial charge >= 0.3 is 0 Å². The van der Waals surface area contributed by atoms with E-state index >= 15 is 0 Å². The van der Waals surface area contributed by atoms with E-state index in [1.54, 1.807) is 6.92 Å². The van der Waals surface area contributed by atoms with Crippen molar-refractivity contribution in [1.82, 2.24) is 0 Å². The van der Waals surface area contributed by atoms with Gasteiger partial charge in [-0.1, -0.05) is 6.92 Å². The van der Waals surface area contributed by atoms with Gasteiger partial charge in [-0.2, -0.15) is 0 Å². The minimum atomic E-state index is -0.719. The summed E-state index contributed by atoms with van der Waals surface area (Å²) in [6.07, 6.45) is -0.467. The standard InChI is InChI=1S/C9H16O4/c1-4-9(3)12-7(5-10)8(13-9)6(2)11/h7-8,10H,4-5H2,1-3H3/t7?,8-,9?/m0/s1. The first-order chi connectivity index (χ1) is 6.02. The Morgan fingerprint density at radius 2 is 2.15 bits per heavy atom. The lowest BCUT2D eigenvalue weighted by atomic mass is 10.1. The molecule has 0 bridgehead atoms. The summed E-state index contributed by atoms with van der Waals surface area (Å²) in [7, 11) is 0. The molecule has 0 aromatic rings. The van der Waals surface area contributed by atoms with Crippen LogP contribution in [0.3, 0.4) is 0 Å². The molecule has 0 aromatic heterocycles. The minimum absolute atomic E-state index is 0.101. The largest absolute Gasteiger partial charge is 0.394 e. The molecule has 13 heavy (non-hydrogen) atoms. The summed E-state index contributed by atoms with van der Waals surface area (Å²) >= 11 is 0. The predicted molar refractivity (Wildman–Crippen MR) is 46.2 cm³/mol. The van der Waals surface area contributed by atoms with E-state index in [4.69, 9.17) is 14.6 Å². The SMILES string of the molecule is CCC1(C)OC(CO)[C@H](C(C)=O)O1. The molecule has 4 heteroatoms. The molecule has 76 valence electrons. The summed E-state index contributed by atoms with van der Waals surface area (Å²) in [5, 5.41) is 8.96. The topological polar surface area (TPSA) is 55.8 Å². The molecule has 3 atom stereocenters. The molecule has 1 aliphatic heterocycles. The van der Waals surface area contributed by atoms with Gasteiger partial charge in [-0.3, -0.25) is 4.79 Å². The van der Waals surface area contributed by atoms with Crippen LogP contribution in [-0.4, -0.2) is 35.5 Å². The van der Waals surface area contributed by atoms with Gasteiger partial charge in [0, 0.05) is 0 Å². The fraction of sp³-hybridized carbons (Fsp3) is 0.889. The van der Waals surface area contributed by atoms with Crippen LogP contribution in [0.2, 0.25) is 0 Å². The fourth-order valence-corrected chi connectivity index (χ4v) is 1.40. The minimum Gasteiger partial charge on any atom is -0.394 e. The number of Topliss-reactive ketones (excluding diaryl/α,β-unsaturated/α-hetero) is 1. The van der Waals surface area contributed by atoms with Crippen molar-refractivity contribution < 1.29 is 19.4 Å². The Kier molecular flexibility index (Phi) is 3.05. The highest BCUT2D eigenvalue weighted by Crippen LogP contribution is 2.31. The molecule has 0 radical (unpaired) electrons. The summed E-state index contributed by atoms with van der Waals surface area (Å²) in [5.41, 5.74) is 0. The maximum Gasteiger partial charge on any atom is 0.167 e. The fourth-order valence-electron chi connectivity index (χ4n) is 1.40. The van der Waals surface area contributed by atoms with Gasteiger partial charge < -0.3 is 14.6 Å². The first kappa shape index (κ1) is 10.6. The molecule has 4 nitrogen and oxygen atoms in total. The van der Waals surface area contributed by atoms with Crippen molar-refractivity contribution in [3.63, 3.8) is 0 Å². The quantitative estimate of drug-likeness (QED) is 0.699. The Balaban J connectivity index is 2.72. The van der Waals surface area contributed by atoms with E-state index < -0.39 is 18.0 Å². The molecule has 0 saturated carbocycles. The van der Waals surface area contributed by atoms with Crippen molar-refractivity contribution in [2.75, 3.05) is 6.61 Å². The Bertz CT molecular complexity index is 204. The molecule has 1 fully saturated rings. The van der Waals surface area contributed by atoms with E-state index in [2.05, 4.69) is 0 Å². The van der Waals surface area contributed by atoms with Crippen molar-refractivity contribution >= 4 is 5.78 Å². The summed E-state index contributed by atoms with van der Waals surface area (Å²) in [4.78, 5) is 11.1. The van der Waals surface area contributed by atoms with Gasteiger partial charge in [0.2, 0.25) is 0 Å². The van der Waals surface area contributed by atoms with Gasteiger partial charge in [0.25, 0.3) is 0 Å². The number of hydrogen-bond acceptors (Lipinski definition) is 4. The molecule has 1 N–H and O–H groups in total. The number of rotatable bonds is 3. The van der Waals surface area contributed by atoms with E-state index in [-0.39, 0.29) is 12.4 Å². The van der Waals surface area contributed by atoms with Gasteiger partial charge in [-0.05, 0) is 20.3 Å². The lowest BCUT2D eigenvalue weighted by Crippen LogP contribution is -2.32. The first-order valence-electron chi connectivity index (χ1n) is 4.49. The van der Waals surface area contributed by atoms with Gasteiger partial charge in [0.1, 0.15) is 12.2 Å². The molecular formula is C9H16O4. The van der Waals surface area contributed by atoms with Crippen molar-refractivity contribution in [3.8, 4) is 0 Å². The first-order valence-corrected chi connectivity index (χ1v) is 4.49. The number of ether oxygens (including phenoxy) is 2. The monoisotopic (exact) mass is 188 g/mol. The van der Waals surface area contributed by atoms with Gasteiger partial charge in [0.05, 0.1) is 6.61 Å². The van der Waals surface area contributed by atoms with Crippen LogP contribution in [0, 0.1) is 0 Å². The highest BCUT2D eigenvalue weighted by atomic mass is 16.8. The Morgan fingerprint density at radius 3 is 2.46 bits per heavy atom. The van der Waals surface area contributed by atoms with Crippen molar-refractivity contribution in [1.29, 1.82) is 0 Å². The van der Waals surface area contributed by atoms with Crippen LogP contribution in [-0.2, 0) is 14.3 Å². The van der Waals surface area contributed by atoms with Crippen LogP contribution < -0.4 is 0 Å². The molecule has 1 rings (SSSR count). The molecule has 1 heterocycles. The maximum absolute atomic E-state index is 11.1. The lowest BCUT2D eigenvalue weighted by molar-refractivity contribution is -0.168. The number of aliphatic hydroxyl groups excluding tert-OH is 1. The number of ketones is 1. The van der Waals surface area contributed by atoms with E-state index in [0.29, 0.717) is 6.42 Å². The van der Waals surface area contributed by atoms with E-state index in [1.807, 2.05) is 6.92 Å². The Hall–Kier alpha value is -0.450. The maximum atomic E-state index is 11.1. The zero-order valence-corrected chi connectivity index (χ0v) is 8.24. The van der Waals surface area contributed by atoms with Crippen LogP contribution in [0.15, 0.2) is 0 Å². The smallest absolute Gasteiger partial charge is 0.167 e. The Morgan fingerprint density at radius 1 is 1.54 bits per heavy atom. The van der Waals surface area contributed by atoms with Crippen LogP contribution in [0.4, 0.5) is 0 Å². The van der Waals surface area contributed by atoms with E-state index in [9.17, 15) is 4.79 Å². The number of hydrogen-bond donors (Lipinski definition) is 1. The average molecular weight is 188 g/mol. The summed E-state index contributed by atoms with van der Waals surface area (Å²) in [5.74, 6) is -0.819. The van der Waals surface area contributed by atoms with Gasteiger partial charge in [0.15, 0.2) is 11.6 Å². The lowest BCUT2D eigenvalue weighted by Gasteiger charge is -2.20. The van der Waals surface area contributed by atoms with Crippen LogP contribution in [0.1, 0.15) is 27.2 Å². The third-order valence-electron chi connectivity index (χ3n) is 2.34. The molecular weight excluding hydrogens is 172 g/mol. The number of carbonyl (C=O) groups is 1. The van der Waals surface area contributed by atoms with Gasteiger partial charge in [-0.25, -0.2) is 0 Å². The molecule has 0 spiro atoms. The van der Waals surface area contributed by atoms with Crippen molar-refractivity contribution in [3.05, 3.63) is 0 Å². The molecule has 1 saturated heterocycles. The molecule has 0 aromatic carbocycles. The second kappa shape index (κ2) is 3.74. The second-order valence-electron chi connectivity index (χ2n) is 3.48. The molecule has 0 aliphatic carbocycles. The zero-order chi connectivity index (χ0) is 10.1. The van der Waals surface area contributed by atoms with Crippen molar-refractivity contribution in [2.45, 2.75) is 45.2 Å². The van der Waals surface area contributed by atoms with Crippen LogP contribution in [0.25, 0.3) is 0 Å². The zero-order valence-electron chi connectivity index (χ0n) is 8.24. The van der Waals surface area contributed by atoms with Crippen molar-refractivity contribution in [2.24, 2.45) is 0 Å². The summed E-state index contributed by atoms with van der Waals surface area (Å²) < 4.78 is 10.9. The number of aliphatic hydroxyl groups is 1. The normalized spacial score (nSPS) is 39.4. The van der Waals surface area contributed by atoms with E-state index in [0.717, 1.165) is 0 Å². The third-order valence-corrected chi connectivity index (χ3v) is 2.34.